The van der Waals surface area contributed by atoms with E-state index in [4.69, 9.17) is 0 Å². The number of fused-ring (bicyclic) bond motifs is 1. The molecular formula is C17H18N2O. The molecule has 0 atom stereocenters. The minimum Gasteiger partial charge on any atom is -0.388 e. The molecule has 0 amide bonds. The normalized spacial score (nSPS) is 11.1. The Morgan fingerprint density at radius 3 is 2.50 bits per heavy atom. The highest BCUT2D eigenvalue weighted by molar-refractivity contribution is 5.75. The van der Waals surface area contributed by atoms with E-state index in [9.17, 15) is 5.11 Å². The Morgan fingerprint density at radius 2 is 1.70 bits per heavy atom. The van der Waals surface area contributed by atoms with Crippen molar-refractivity contribution in [2.24, 2.45) is 0 Å². The van der Waals surface area contributed by atoms with Crippen molar-refractivity contribution in [2.45, 2.75) is 26.0 Å². The van der Waals surface area contributed by atoms with Crippen LogP contribution in [0.25, 0.3) is 11.0 Å². The minimum atomic E-state index is -0.0139. The lowest BCUT2D eigenvalue weighted by molar-refractivity contribution is 0.265. The zero-order valence-electron chi connectivity index (χ0n) is 11.4. The molecule has 0 saturated carbocycles. The first-order chi connectivity index (χ1) is 9.88. The summed E-state index contributed by atoms with van der Waals surface area (Å²) in [6.07, 6.45) is 2.08. The molecule has 0 unspecified atom stereocenters. The van der Waals surface area contributed by atoms with Crippen molar-refractivity contribution < 1.29 is 5.11 Å². The van der Waals surface area contributed by atoms with Crippen LogP contribution in [-0.2, 0) is 19.6 Å². The Hall–Kier alpha value is -2.13. The number of aliphatic hydroxyl groups excluding tert-OH is 1. The molecule has 3 heteroatoms. The van der Waals surface area contributed by atoms with Crippen LogP contribution in [0.1, 0.15) is 17.8 Å². The number of hydrogen-bond donors (Lipinski definition) is 1. The molecule has 1 N–H and O–H groups in total. The third-order valence-corrected chi connectivity index (χ3v) is 3.57. The second kappa shape index (κ2) is 5.88. The number of para-hydroxylation sites is 2. The van der Waals surface area contributed by atoms with Gasteiger partial charge >= 0.3 is 0 Å². The molecule has 20 heavy (non-hydrogen) atoms. The topological polar surface area (TPSA) is 38.1 Å². The molecule has 0 fully saturated rings. The Bertz CT molecular complexity index is 689. The van der Waals surface area contributed by atoms with Crippen molar-refractivity contribution in [3.05, 3.63) is 66.0 Å². The van der Waals surface area contributed by atoms with Crippen LogP contribution >= 0.6 is 0 Å². The fourth-order valence-electron chi connectivity index (χ4n) is 2.58. The number of hydrogen-bond acceptors (Lipinski definition) is 2. The number of aromatic nitrogens is 2. The Kier molecular flexibility index (Phi) is 3.79. The summed E-state index contributed by atoms with van der Waals surface area (Å²) in [6, 6.07) is 18.5. The van der Waals surface area contributed by atoms with Gasteiger partial charge in [0, 0.05) is 6.54 Å². The van der Waals surface area contributed by atoms with Crippen molar-refractivity contribution in [3.63, 3.8) is 0 Å². The molecule has 0 radical (unpaired) electrons. The van der Waals surface area contributed by atoms with Gasteiger partial charge in [-0.25, -0.2) is 4.98 Å². The van der Waals surface area contributed by atoms with Crippen LogP contribution in [0.5, 0.6) is 0 Å². The van der Waals surface area contributed by atoms with Crippen LogP contribution in [0.2, 0.25) is 0 Å². The molecular weight excluding hydrogens is 248 g/mol. The molecule has 102 valence electrons. The molecule has 1 heterocycles. The first kappa shape index (κ1) is 12.9. The maximum Gasteiger partial charge on any atom is 0.135 e. The van der Waals surface area contributed by atoms with Crippen molar-refractivity contribution in [2.75, 3.05) is 0 Å². The van der Waals surface area contributed by atoms with Gasteiger partial charge in [0.1, 0.15) is 12.4 Å². The predicted octanol–water partition coefficient (Wildman–Crippen LogP) is 3.16. The molecule has 0 aliphatic heterocycles. The lowest BCUT2D eigenvalue weighted by Crippen LogP contribution is -2.05. The highest BCUT2D eigenvalue weighted by atomic mass is 16.3. The summed E-state index contributed by atoms with van der Waals surface area (Å²) in [6.45, 7) is 0.866. The monoisotopic (exact) mass is 266 g/mol. The first-order valence-corrected chi connectivity index (χ1v) is 6.97. The minimum absolute atomic E-state index is 0.0139. The van der Waals surface area contributed by atoms with Gasteiger partial charge in [0.05, 0.1) is 11.0 Å². The van der Waals surface area contributed by atoms with E-state index in [-0.39, 0.29) is 6.61 Å². The van der Waals surface area contributed by atoms with Gasteiger partial charge in [-0.3, -0.25) is 0 Å². The zero-order chi connectivity index (χ0) is 13.8. The van der Waals surface area contributed by atoms with E-state index >= 15 is 0 Å². The van der Waals surface area contributed by atoms with Gasteiger partial charge in [0.2, 0.25) is 0 Å². The number of aliphatic hydroxyl groups is 1. The molecule has 0 spiro atoms. The SMILES string of the molecule is OCc1nc2ccccc2n1CCCc1ccccc1. The van der Waals surface area contributed by atoms with Gasteiger partial charge in [0.15, 0.2) is 0 Å². The Labute approximate surface area is 118 Å². The summed E-state index contributed by atoms with van der Waals surface area (Å²) >= 11 is 0. The summed E-state index contributed by atoms with van der Waals surface area (Å²) in [5, 5.41) is 9.45. The molecule has 2 aromatic carbocycles. The van der Waals surface area contributed by atoms with E-state index in [0.717, 1.165) is 36.2 Å². The van der Waals surface area contributed by atoms with Crippen molar-refractivity contribution in [3.8, 4) is 0 Å². The van der Waals surface area contributed by atoms with Crippen LogP contribution in [0.15, 0.2) is 54.6 Å². The third-order valence-electron chi connectivity index (χ3n) is 3.57. The molecule has 1 aromatic heterocycles. The Balaban J connectivity index is 1.77. The van der Waals surface area contributed by atoms with Crippen molar-refractivity contribution >= 4 is 11.0 Å². The van der Waals surface area contributed by atoms with Gasteiger partial charge in [-0.1, -0.05) is 42.5 Å². The summed E-state index contributed by atoms with van der Waals surface area (Å²) in [7, 11) is 0. The number of benzene rings is 2. The van der Waals surface area contributed by atoms with E-state index in [1.807, 2.05) is 24.3 Å². The average molecular weight is 266 g/mol. The lowest BCUT2D eigenvalue weighted by Gasteiger charge is -2.07. The van der Waals surface area contributed by atoms with E-state index in [2.05, 4.69) is 39.9 Å². The second-order valence-corrected chi connectivity index (χ2v) is 4.92. The van der Waals surface area contributed by atoms with Crippen molar-refractivity contribution in [1.82, 2.24) is 9.55 Å². The maximum absolute atomic E-state index is 9.45. The summed E-state index contributed by atoms with van der Waals surface area (Å²) in [5.41, 5.74) is 3.41. The molecule has 0 saturated heterocycles. The number of nitrogens with zero attached hydrogens (tertiary/aromatic N) is 2. The van der Waals surface area contributed by atoms with Crippen LogP contribution in [0.3, 0.4) is 0 Å². The van der Waals surface area contributed by atoms with E-state index in [1.54, 1.807) is 0 Å². The number of rotatable bonds is 5. The molecule has 3 aromatic rings. The average Bonchev–Trinajstić information content (AvgIpc) is 2.87. The smallest absolute Gasteiger partial charge is 0.135 e. The van der Waals surface area contributed by atoms with Gasteiger partial charge in [-0.05, 0) is 30.5 Å². The second-order valence-electron chi connectivity index (χ2n) is 4.92. The fraction of sp³-hybridized carbons (Fsp3) is 0.235. The summed E-state index contributed by atoms with van der Waals surface area (Å²) in [4.78, 5) is 4.47. The highest BCUT2D eigenvalue weighted by Crippen LogP contribution is 2.17. The van der Waals surface area contributed by atoms with Gasteiger partial charge in [-0.15, -0.1) is 0 Å². The largest absolute Gasteiger partial charge is 0.388 e. The molecule has 3 rings (SSSR count). The van der Waals surface area contributed by atoms with Crippen LogP contribution in [0, 0.1) is 0 Å². The maximum atomic E-state index is 9.45. The molecule has 3 nitrogen and oxygen atoms in total. The van der Waals surface area contributed by atoms with Crippen LogP contribution < -0.4 is 0 Å². The molecule has 0 bridgehead atoms. The molecule has 0 aliphatic rings. The summed E-state index contributed by atoms with van der Waals surface area (Å²) in [5.74, 6) is 0.749. The van der Waals surface area contributed by atoms with Crippen LogP contribution in [-0.4, -0.2) is 14.7 Å². The first-order valence-electron chi connectivity index (χ1n) is 6.97. The van der Waals surface area contributed by atoms with Gasteiger partial charge < -0.3 is 9.67 Å². The lowest BCUT2D eigenvalue weighted by atomic mass is 10.1. The number of imidazole rings is 1. The Morgan fingerprint density at radius 1 is 0.950 bits per heavy atom. The highest BCUT2D eigenvalue weighted by Gasteiger charge is 2.08. The molecule has 0 aliphatic carbocycles. The quantitative estimate of drug-likeness (QED) is 0.770. The van der Waals surface area contributed by atoms with Crippen LogP contribution in [0.4, 0.5) is 0 Å². The van der Waals surface area contributed by atoms with Gasteiger partial charge in [0.25, 0.3) is 0 Å². The zero-order valence-corrected chi connectivity index (χ0v) is 11.4. The third kappa shape index (κ3) is 2.58. The van der Waals surface area contributed by atoms with E-state index in [1.165, 1.54) is 5.56 Å². The standard InChI is InChI=1S/C17H18N2O/c20-13-17-18-15-10-4-5-11-16(15)19(17)12-6-9-14-7-2-1-3-8-14/h1-5,7-8,10-11,20H,6,9,12-13H2. The summed E-state index contributed by atoms with van der Waals surface area (Å²) < 4.78 is 2.12. The van der Waals surface area contributed by atoms with Crippen molar-refractivity contribution in [1.29, 1.82) is 0 Å². The van der Waals surface area contributed by atoms with E-state index in [0.29, 0.717) is 0 Å². The van der Waals surface area contributed by atoms with Gasteiger partial charge in [-0.2, -0.15) is 0 Å². The number of aryl methyl sites for hydroxylation is 2. The fourth-order valence-corrected chi connectivity index (χ4v) is 2.58. The van der Waals surface area contributed by atoms with E-state index < -0.39 is 0 Å². The predicted molar refractivity (Wildman–Crippen MR) is 80.4 cm³/mol.